The summed E-state index contributed by atoms with van der Waals surface area (Å²) in [5.41, 5.74) is 7.07. The standard InChI is InChI=1S/C16H22N4O/c1-15(2)9-13(16(3,4)21-15)20-10-18-14(19-20)11-6-5-7-12(17)8-11/h5-8,10,13H,9,17H2,1-4H3. The fraction of sp³-hybridized carbons (Fsp3) is 0.500. The van der Waals surface area contributed by atoms with Gasteiger partial charge in [-0.2, -0.15) is 5.10 Å². The lowest BCUT2D eigenvalue weighted by Crippen LogP contribution is -2.31. The molecule has 1 unspecified atom stereocenters. The van der Waals surface area contributed by atoms with Gasteiger partial charge in [-0.15, -0.1) is 0 Å². The van der Waals surface area contributed by atoms with Crippen LogP contribution in [0.4, 0.5) is 5.69 Å². The molecule has 2 heterocycles. The van der Waals surface area contributed by atoms with Crippen molar-refractivity contribution in [1.29, 1.82) is 0 Å². The molecule has 1 aromatic carbocycles. The van der Waals surface area contributed by atoms with Crippen LogP contribution in [-0.4, -0.2) is 26.0 Å². The molecule has 21 heavy (non-hydrogen) atoms. The first-order valence-corrected chi connectivity index (χ1v) is 7.24. The monoisotopic (exact) mass is 286 g/mol. The molecule has 2 N–H and O–H groups in total. The van der Waals surface area contributed by atoms with Gasteiger partial charge in [0.2, 0.25) is 0 Å². The summed E-state index contributed by atoms with van der Waals surface area (Å²) < 4.78 is 8.05. The van der Waals surface area contributed by atoms with Gasteiger partial charge in [0.05, 0.1) is 17.2 Å². The van der Waals surface area contributed by atoms with Gasteiger partial charge in [-0.05, 0) is 39.8 Å². The van der Waals surface area contributed by atoms with Crippen molar-refractivity contribution >= 4 is 5.69 Å². The van der Waals surface area contributed by atoms with Gasteiger partial charge in [-0.3, -0.25) is 0 Å². The summed E-state index contributed by atoms with van der Waals surface area (Å²) in [6.07, 6.45) is 2.70. The summed E-state index contributed by atoms with van der Waals surface area (Å²) in [6.45, 7) is 8.44. The molecule has 1 aliphatic heterocycles. The van der Waals surface area contributed by atoms with Gasteiger partial charge in [0, 0.05) is 17.7 Å². The Morgan fingerprint density at radius 2 is 2.05 bits per heavy atom. The Bertz CT molecular complexity index is 660. The minimum Gasteiger partial charge on any atom is -0.399 e. The minimum atomic E-state index is -0.260. The summed E-state index contributed by atoms with van der Waals surface area (Å²) >= 11 is 0. The quantitative estimate of drug-likeness (QED) is 0.862. The van der Waals surface area contributed by atoms with Crippen molar-refractivity contribution in [2.24, 2.45) is 0 Å². The van der Waals surface area contributed by atoms with E-state index in [4.69, 9.17) is 10.5 Å². The van der Waals surface area contributed by atoms with E-state index in [0.29, 0.717) is 5.82 Å². The highest BCUT2D eigenvalue weighted by molar-refractivity contribution is 5.60. The van der Waals surface area contributed by atoms with Crippen molar-refractivity contribution in [3.63, 3.8) is 0 Å². The first kappa shape index (κ1) is 14.1. The van der Waals surface area contributed by atoms with Crippen molar-refractivity contribution in [2.45, 2.75) is 51.4 Å². The Kier molecular flexibility index (Phi) is 3.06. The Labute approximate surface area is 125 Å². The molecular formula is C16H22N4O. The Morgan fingerprint density at radius 3 is 2.67 bits per heavy atom. The number of nitrogen functional groups attached to an aromatic ring is 1. The van der Waals surface area contributed by atoms with E-state index in [9.17, 15) is 0 Å². The van der Waals surface area contributed by atoms with Crippen LogP contribution in [0.2, 0.25) is 0 Å². The molecular weight excluding hydrogens is 264 g/mol. The van der Waals surface area contributed by atoms with Crippen molar-refractivity contribution in [3.8, 4) is 11.4 Å². The summed E-state index contributed by atoms with van der Waals surface area (Å²) in [6, 6.07) is 7.80. The molecule has 1 aromatic heterocycles. The van der Waals surface area contributed by atoms with E-state index in [1.165, 1.54) is 0 Å². The van der Waals surface area contributed by atoms with Gasteiger partial charge >= 0.3 is 0 Å². The summed E-state index contributed by atoms with van der Waals surface area (Å²) in [5.74, 6) is 0.697. The van der Waals surface area contributed by atoms with E-state index in [2.05, 4.69) is 37.8 Å². The third kappa shape index (κ3) is 2.65. The molecule has 1 atom stereocenters. The number of aromatic nitrogens is 3. The zero-order valence-electron chi connectivity index (χ0n) is 13.0. The Hall–Kier alpha value is -1.88. The zero-order valence-corrected chi connectivity index (χ0v) is 13.0. The number of benzene rings is 1. The number of hydrogen-bond donors (Lipinski definition) is 1. The molecule has 0 spiro atoms. The van der Waals surface area contributed by atoms with Crippen LogP contribution in [0.25, 0.3) is 11.4 Å². The van der Waals surface area contributed by atoms with Crippen LogP contribution in [0, 0.1) is 0 Å². The lowest BCUT2D eigenvalue weighted by Gasteiger charge is -2.26. The summed E-state index contributed by atoms with van der Waals surface area (Å²) in [7, 11) is 0. The van der Waals surface area contributed by atoms with Crippen LogP contribution >= 0.6 is 0 Å². The lowest BCUT2D eigenvalue weighted by molar-refractivity contribution is -0.0737. The maximum absolute atomic E-state index is 6.13. The average molecular weight is 286 g/mol. The highest BCUT2D eigenvalue weighted by Gasteiger charge is 2.47. The molecule has 0 aliphatic carbocycles. The predicted octanol–water partition coefficient (Wildman–Crippen LogP) is 3.05. The van der Waals surface area contributed by atoms with E-state index in [1.807, 2.05) is 28.9 Å². The van der Waals surface area contributed by atoms with Gasteiger partial charge in [0.1, 0.15) is 6.33 Å². The van der Waals surface area contributed by atoms with Crippen LogP contribution < -0.4 is 5.73 Å². The first-order valence-electron chi connectivity index (χ1n) is 7.24. The van der Waals surface area contributed by atoms with Gasteiger partial charge < -0.3 is 10.5 Å². The molecule has 1 fully saturated rings. The fourth-order valence-corrected chi connectivity index (χ4v) is 3.18. The molecule has 0 saturated carbocycles. The largest absolute Gasteiger partial charge is 0.399 e. The SMILES string of the molecule is CC1(C)CC(n2cnc(-c3cccc(N)c3)n2)C(C)(C)O1. The average Bonchev–Trinajstić information content (AvgIpc) is 2.91. The third-order valence-electron chi connectivity index (χ3n) is 4.00. The number of nitrogens with two attached hydrogens (primary N) is 1. The maximum Gasteiger partial charge on any atom is 0.181 e. The summed E-state index contributed by atoms with van der Waals surface area (Å²) in [4.78, 5) is 4.43. The second-order valence-electron chi connectivity index (χ2n) is 6.86. The molecule has 5 heteroatoms. The van der Waals surface area contributed by atoms with E-state index in [-0.39, 0.29) is 17.2 Å². The van der Waals surface area contributed by atoms with Crippen LogP contribution in [-0.2, 0) is 4.74 Å². The predicted molar refractivity (Wildman–Crippen MR) is 82.8 cm³/mol. The van der Waals surface area contributed by atoms with Gasteiger partial charge in [-0.1, -0.05) is 12.1 Å². The zero-order chi connectivity index (χ0) is 15.3. The van der Waals surface area contributed by atoms with Crippen LogP contribution in [0.1, 0.15) is 40.2 Å². The number of nitrogens with zero attached hydrogens (tertiary/aromatic N) is 3. The van der Waals surface area contributed by atoms with Crippen molar-refractivity contribution in [3.05, 3.63) is 30.6 Å². The van der Waals surface area contributed by atoms with E-state index in [0.717, 1.165) is 17.7 Å². The number of ether oxygens (including phenoxy) is 1. The van der Waals surface area contributed by atoms with E-state index >= 15 is 0 Å². The highest BCUT2D eigenvalue weighted by atomic mass is 16.5. The van der Waals surface area contributed by atoms with Crippen molar-refractivity contribution in [2.75, 3.05) is 5.73 Å². The molecule has 0 amide bonds. The van der Waals surface area contributed by atoms with Gasteiger partial charge in [0.25, 0.3) is 0 Å². The van der Waals surface area contributed by atoms with Crippen LogP contribution in [0.15, 0.2) is 30.6 Å². The molecule has 1 saturated heterocycles. The van der Waals surface area contributed by atoms with Crippen molar-refractivity contribution < 1.29 is 4.74 Å². The molecule has 0 radical (unpaired) electrons. The molecule has 2 aromatic rings. The molecule has 5 nitrogen and oxygen atoms in total. The van der Waals surface area contributed by atoms with Crippen LogP contribution in [0.5, 0.6) is 0 Å². The number of hydrogen-bond acceptors (Lipinski definition) is 4. The highest BCUT2D eigenvalue weighted by Crippen LogP contribution is 2.44. The normalized spacial score (nSPS) is 23.3. The Morgan fingerprint density at radius 1 is 1.29 bits per heavy atom. The lowest BCUT2D eigenvalue weighted by atomic mass is 9.95. The third-order valence-corrected chi connectivity index (χ3v) is 4.00. The van der Waals surface area contributed by atoms with Gasteiger partial charge in [-0.25, -0.2) is 9.67 Å². The Balaban J connectivity index is 1.92. The second kappa shape index (κ2) is 4.56. The topological polar surface area (TPSA) is 66.0 Å². The molecule has 3 rings (SSSR count). The first-order chi connectivity index (χ1) is 9.77. The summed E-state index contributed by atoms with van der Waals surface area (Å²) in [5, 5.41) is 4.63. The van der Waals surface area contributed by atoms with Crippen molar-refractivity contribution in [1.82, 2.24) is 14.8 Å². The van der Waals surface area contributed by atoms with E-state index < -0.39 is 0 Å². The number of rotatable bonds is 2. The molecule has 0 bridgehead atoms. The molecule has 1 aliphatic rings. The number of anilines is 1. The maximum atomic E-state index is 6.13. The smallest absolute Gasteiger partial charge is 0.181 e. The second-order valence-corrected chi connectivity index (χ2v) is 6.86. The van der Waals surface area contributed by atoms with Crippen LogP contribution in [0.3, 0.4) is 0 Å². The fourth-order valence-electron chi connectivity index (χ4n) is 3.18. The van der Waals surface area contributed by atoms with E-state index in [1.54, 1.807) is 6.33 Å². The minimum absolute atomic E-state index is 0.141. The van der Waals surface area contributed by atoms with Gasteiger partial charge in [0.15, 0.2) is 5.82 Å². The molecule has 112 valence electrons.